The SMILES string of the molecule is C[C](C)CN1CCC[C@H](CN)C1. The van der Waals surface area contributed by atoms with Crippen LogP contribution in [0.4, 0.5) is 0 Å². The summed E-state index contributed by atoms with van der Waals surface area (Å²) in [7, 11) is 0. The number of likely N-dealkylation sites (tertiary alicyclic amines) is 1. The maximum absolute atomic E-state index is 5.66. The highest BCUT2D eigenvalue weighted by atomic mass is 15.1. The van der Waals surface area contributed by atoms with E-state index in [9.17, 15) is 0 Å². The molecule has 1 radical (unpaired) electrons. The molecule has 1 rings (SSSR count). The largest absolute Gasteiger partial charge is 0.330 e. The van der Waals surface area contributed by atoms with Gasteiger partial charge in [-0.1, -0.05) is 13.8 Å². The van der Waals surface area contributed by atoms with Gasteiger partial charge in [0.15, 0.2) is 0 Å². The molecule has 2 heteroatoms. The lowest BCUT2D eigenvalue weighted by Gasteiger charge is -2.32. The Morgan fingerprint density at radius 1 is 1.50 bits per heavy atom. The lowest BCUT2D eigenvalue weighted by molar-refractivity contribution is 0.184. The molecule has 2 N–H and O–H groups in total. The first-order chi connectivity index (χ1) is 5.72. The Hall–Kier alpha value is -0.0800. The zero-order valence-electron chi connectivity index (χ0n) is 8.34. The summed E-state index contributed by atoms with van der Waals surface area (Å²) in [4.78, 5) is 2.52. The molecule has 1 fully saturated rings. The summed E-state index contributed by atoms with van der Waals surface area (Å²) >= 11 is 0. The van der Waals surface area contributed by atoms with E-state index in [1.165, 1.54) is 31.8 Å². The highest BCUT2D eigenvalue weighted by Crippen LogP contribution is 2.16. The van der Waals surface area contributed by atoms with Crippen molar-refractivity contribution < 1.29 is 0 Å². The van der Waals surface area contributed by atoms with Crippen molar-refractivity contribution in [2.45, 2.75) is 26.7 Å². The van der Waals surface area contributed by atoms with Crippen LogP contribution >= 0.6 is 0 Å². The van der Waals surface area contributed by atoms with Crippen molar-refractivity contribution in [1.29, 1.82) is 0 Å². The number of rotatable bonds is 3. The van der Waals surface area contributed by atoms with Crippen LogP contribution in [-0.4, -0.2) is 31.1 Å². The lowest BCUT2D eigenvalue weighted by Crippen LogP contribution is -2.39. The average molecular weight is 169 g/mol. The number of nitrogens with zero attached hydrogens (tertiary/aromatic N) is 1. The van der Waals surface area contributed by atoms with Gasteiger partial charge in [0.25, 0.3) is 0 Å². The molecule has 1 saturated heterocycles. The average Bonchev–Trinajstić information content (AvgIpc) is 2.03. The molecule has 0 saturated carbocycles. The van der Waals surface area contributed by atoms with Gasteiger partial charge in [-0.25, -0.2) is 0 Å². The van der Waals surface area contributed by atoms with Gasteiger partial charge in [0.05, 0.1) is 0 Å². The third-order valence-electron chi connectivity index (χ3n) is 2.48. The molecular weight excluding hydrogens is 148 g/mol. The van der Waals surface area contributed by atoms with E-state index in [4.69, 9.17) is 5.73 Å². The number of nitrogens with two attached hydrogens (primary N) is 1. The highest BCUT2D eigenvalue weighted by Gasteiger charge is 2.18. The van der Waals surface area contributed by atoms with Gasteiger partial charge in [-0.3, -0.25) is 0 Å². The molecule has 0 aromatic heterocycles. The van der Waals surface area contributed by atoms with Gasteiger partial charge < -0.3 is 10.6 Å². The summed E-state index contributed by atoms with van der Waals surface area (Å²) in [6.45, 7) is 8.90. The Kier molecular flexibility index (Phi) is 4.02. The van der Waals surface area contributed by atoms with E-state index in [1.54, 1.807) is 0 Å². The van der Waals surface area contributed by atoms with Crippen molar-refractivity contribution in [3.05, 3.63) is 5.92 Å². The van der Waals surface area contributed by atoms with Gasteiger partial charge >= 0.3 is 0 Å². The molecule has 12 heavy (non-hydrogen) atoms. The van der Waals surface area contributed by atoms with Crippen molar-refractivity contribution >= 4 is 0 Å². The van der Waals surface area contributed by atoms with Crippen LogP contribution in [0.2, 0.25) is 0 Å². The number of hydrogen-bond acceptors (Lipinski definition) is 2. The molecule has 0 bridgehead atoms. The Balaban J connectivity index is 2.25. The Bertz CT molecular complexity index is 123. The predicted octanol–water partition coefficient (Wildman–Crippen LogP) is 1.27. The summed E-state index contributed by atoms with van der Waals surface area (Å²) in [6.07, 6.45) is 2.66. The quantitative estimate of drug-likeness (QED) is 0.689. The van der Waals surface area contributed by atoms with Gasteiger partial charge in [0, 0.05) is 13.1 Å². The third-order valence-corrected chi connectivity index (χ3v) is 2.48. The van der Waals surface area contributed by atoms with Crippen LogP contribution in [-0.2, 0) is 0 Å². The van der Waals surface area contributed by atoms with Crippen LogP contribution in [0.25, 0.3) is 0 Å². The van der Waals surface area contributed by atoms with Gasteiger partial charge in [-0.15, -0.1) is 0 Å². The lowest BCUT2D eigenvalue weighted by atomic mass is 9.97. The molecule has 2 nitrogen and oxygen atoms in total. The fourth-order valence-electron chi connectivity index (χ4n) is 1.93. The van der Waals surface area contributed by atoms with Crippen molar-refractivity contribution in [3.8, 4) is 0 Å². The van der Waals surface area contributed by atoms with Gasteiger partial charge in [0.2, 0.25) is 0 Å². The van der Waals surface area contributed by atoms with Crippen molar-refractivity contribution in [2.75, 3.05) is 26.2 Å². The van der Waals surface area contributed by atoms with E-state index in [-0.39, 0.29) is 0 Å². The summed E-state index contributed by atoms with van der Waals surface area (Å²) < 4.78 is 0. The van der Waals surface area contributed by atoms with Crippen LogP contribution in [0.1, 0.15) is 26.7 Å². The van der Waals surface area contributed by atoms with E-state index in [0.29, 0.717) is 0 Å². The van der Waals surface area contributed by atoms with E-state index in [1.807, 2.05) is 0 Å². The van der Waals surface area contributed by atoms with Crippen LogP contribution in [0.3, 0.4) is 0 Å². The zero-order valence-corrected chi connectivity index (χ0v) is 8.34. The second-order valence-electron chi connectivity index (χ2n) is 4.19. The minimum atomic E-state index is 0.748. The maximum Gasteiger partial charge on any atom is 0.00384 e. The molecular formula is C10H21N2. The molecule has 1 aliphatic heterocycles. The first-order valence-corrected chi connectivity index (χ1v) is 4.94. The molecule has 71 valence electrons. The molecule has 1 aliphatic rings. The smallest absolute Gasteiger partial charge is 0.00384 e. The molecule has 0 amide bonds. The van der Waals surface area contributed by atoms with E-state index in [0.717, 1.165) is 19.0 Å². The van der Waals surface area contributed by atoms with Crippen molar-refractivity contribution in [1.82, 2.24) is 4.90 Å². The second kappa shape index (κ2) is 4.83. The fourth-order valence-corrected chi connectivity index (χ4v) is 1.93. The molecule has 0 aromatic carbocycles. The maximum atomic E-state index is 5.66. The van der Waals surface area contributed by atoms with Crippen molar-refractivity contribution in [3.63, 3.8) is 0 Å². The normalized spacial score (nSPS) is 26.5. The van der Waals surface area contributed by atoms with Crippen LogP contribution in [0.15, 0.2) is 0 Å². The monoisotopic (exact) mass is 169 g/mol. The van der Waals surface area contributed by atoms with Crippen LogP contribution < -0.4 is 5.73 Å². The molecule has 0 unspecified atom stereocenters. The number of piperidine rings is 1. The predicted molar refractivity (Wildman–Crippen MR) is 52.8 cm³/mol. The first kappa shape index (κ1) is 10.0. The first-order valence-electron chi connectivity index (χ1n) is 4.94. The highest BCUT2D eigenvalue weighted by molar-refractivity contribution is 4.84. The van der Waals surface area contributed by atoms with E-state index < -0.39 is 0 Å². The molecule has 0 spiro atoms. The Morgan fingerprint density at radius 3 is 2.83 bits per heavy atom. The number of hydrogen-bond donors (Lipinski definition) is 1. The van der Waals surface area contributed by atoms with Crippen LogP contribution in [0, 0.1) is 11.8 Å². The third kappa shape index (κ3) is 3.11. The molecule has 0 aliphatic carbocycles. The Labute approximate surface area is 76.1 Å². The van der Waals surface area contributed by atoms with Gasteiger partial charge in [0.1, 0.15) is 0 Å². The standard InChI is InChI=1S/C10H21N2/c1-9(2)7-12-5-3-4-10(6-11)8-12/h10H,3-8,11H2,1-2H3/t10-/m1/s1. The topological polar surface area (TPSA) is 29.3 Å². The zero-order chi connectivity index (χ0) is 8.97. The van der Waals surface area contributed by atoms with E-state index >= 15 is 0 Å². The summed E-state index contributed by atoms with van der Waals surface area (Å²) in [5.74, 6) is 2.26. The second-order valence-corrected chi connectivity index (χ2v) is 4.19. The van der Waals surface area contributed by atoms with Gasteiger partial charge in [-0.05, 0) is 37.8 Å². The Morgan fingerprint density at radius 2 is 2.25 bits per heavy atom. The minimum absolute atomic E-state index is 0.748. The molecule has 0 aromatic rings. The van der Waals surface area contributed by atoms with Crippen molar-refractivity contribution in [2.24, 2.45) is 11.7 Å². The van der Waals surface area contributed by atoms with Crippen LogP contribution in [0.5, 0.6) is 0 Å². The fraction of sp³-hybridized carbons (Fsp3) is 0.900. The van der Waals surface area contributed by atoms with E-state index in [2.05, 4.69) is 18.7 Å². The summed E-state index contributed by atoms with van der Waals surface area (Å²) in [6, 6.07) is 0. The molecule has 1 heterocycles. The minimum Gasteiger partial charge on any atom is -0.330 e. The summed E-state index contributed by atoms with van der Waals surface area (Å²) in [5, 5.41) is 0. The summed E-state index contributed by atoms with van der Waals surface area (Å²) in [5.41, 5.74) is 5.66. The van der Waals surface area contributed by atoms with Gasteiger partial charge in [-0.2, -0.15) is 0 Å². The molecule has 1 atom stereocenters.